The Labute approximate surface area is 125 Å². The van der Waals surface area contributed by atoms with E-state index in [0.29, 0.717) is 12.2 Å². The molecule has 1 aromatic carbocycles. The number of hydrogen-bond acceptors (Lipinski definition) is 4. The van der Waals surface area contributed by atoms with Gasteiger partial charge in [0.2, 0.25) is 5.91 Å². The maximum absolute atomic E-state index is 13.0. The van der Waals surface area contributed by atoms with Crippen LogP contribution >= 0.6 is 11.6 Å². The number of rotatable bonds is 4. The number of amides is 1. The number of carboxylic acids is 1. The molecule has 1 amide bonds. The van der Waals surface area contributed by atoms with E-state index in [4.69, 9.17) is 21.4 Å². The molecule has 114 valence electrons. The molecule has 21 heavy (non-hydrogen) atoms. The van der Waals surface area contributed by atoms with Crippen LogP contribution in [0.3, 0.4) is 0 Å². The number of nitrogens with one attached hydrogen (secondary N) is 1. The zero-order valence-electron chi connectivity index (χ0n) is 11.0. The van der Waals surface area contributed by atoms with Crippen LogP contribution in [0.1, 0.15) is 0 Å². The Kier molecular flexibility index (Phi) is 5.11. The average molecular weight is 317 g/mol. The molecule has 1 aliphatic heterocycles. The molecule has 2 N–H and O–H groups in total. The Morgan fingerprint density at radius 3 is 2.95 bits per heavy atom. The minimum Gasteiger partial charge on any atom is -0.479 e. The van der Waals surface area contributed by atoms with Gasteiger partial charge in [0.05, 0.1) is 18.2 Å². The van der Waals surface area contributed by atoms with Gasteiger partial charge in [-0.1, -0.05) is 11.6 Å². The second-order valence-electron chi connectivity index (χ2n) is 4.61. The molecule has 1 atom stereocenters. The van der Waals surface area contributed by atoms with Crippen LogP contribution in [-0.4, -0.2) is 54.2 Å². The molecule has 1 unspecified atom stereocenters. The molecule has 0 spiro atoms. The number of morpholine rings is 1. The molecule has 2 rings (SSSR count). The van der Waals surface area contributed by atoms with Crippen molar-refractivity contribution in [1.82, 2.24) is 4.90 Å². The topological polar surface area (TPSA) is 78.9 Å². The monoisotopic (exact) mass is 316 g/mol. The van der Waals surface area contributed by atoms with Gasteiger partial charge in [-0.2, -0.15) is 0 Å². The molecule has 0 aliphatic carbocycles. The number of carbonyl (C=O) groups excluding carboxylic acids is 1. The second-order valence-corrected chi connectivity index (χ2v) is 5.02. The highest BCUT2D eigenvalue weighted by molar-refractivity contribution is 6.31. The van der Waals surface area contributed by atoms with Crippen LogP contribution in [0.4, 0.5) is 10.1 Å². The molecule has 8 heteroatoms. The third-order valence-electron chi connectivity index (χ3n) is 3.00. The van der Waals surface area contributed by atoms with Crippen molar-refractivity contribution in [2.24, 2.45) is 0 Å². The number of aliphatic carboxylic acids is 1. The highest BCUT2D eigenvalue weighted by atomic mass is 35.5. The Hall–Kier alpha value is -1.70. The molecule has 1 saturated heterocycles. The number of benzene rings is 1. The fraction of sp³-hybridized carbons (Fsp3) is 0.385. The van der Waals surface area contributed by atoms with E-state index in [1.165, 1.54) is 12.1 Å². The van der Waals surface area contributed by atoms with Crippen LogP contribution < -0.4 is 5.32 Å². The van der Waals surface area contributed by atoms with E-state index in [1.54, 1.807) is 4.90 Å². The van der Waals surface area contributed by atoms with Crippen molar-refractivity contribution in [3.63, 3.8) is 0 Å². The summed E-state index contributed by atoms with van der Waals surface area (Å²) in [6.07, 6.45) is -0.924. The van der Waals surface area contributed by atoms with E-state index in [0.717, 1.165) is 6.07 Å². The van der Waals surface area contributed by atoms with Crippen molar-refractivity contribution >= 4 is 29.2 Å². The highest BCUT2D eigenvalue weighted by Crippen LogP contribution is 2.19. The van der Waals surface area contributed by atoms with Gasteiger partial charge in [0.25, 0.3) is 0 Å². The van der Waals surface area contributed by atoms with Gasteiger partial charge in [0, 0.05) is 18.8 Å². The first-order valence-electron chi connectivity index (χ1n) is 6.27. The lowest BCUT2D eigenvalue weighted by Crippen LogP contribution is -2.48. The number of hydrogen-bond donors (Lipinski definition) is 2. The fourth-order valence-electron chi connectivity index (χ4n) is 1.97. The number of nitrogens with zero attached hydrogens (tertiary/aromatic N) is 1. The molecule has 1 aromatic rings. The summed E-state index contributed by atoms with van der Waals surface area (Å²) in [5, 5.41) is 11.4. The average Bonchev–Trinajstić information content (AvgIpc) is 2.43. The highest BCUT2D eigenvalue weighted by Gasteiger charge is 2.27. The summed E-state index contributed by atoms with van der Waals surface area (Å²) in [7, 11) is 0. The Bertz CT molecular complexity index is 555. The summed E-state index contributed by atoms with van der Waals surface area (Å²) in [5.74, 6) is -1.94. The number of carbonyl (C=O) groups is 2. The van der Waals surface area contributed by atoms with Gasteiger partial charge in [0.1, 0.15) is 5.82 Å². The van der Waals surface area contributed by atoms with Crippen LogP contribution in [0, 0.1) is 5.82 Å². The van der Waals surface area contributed by atoms with Crippen molar-refractivity contribution in [3.05, 3.63) is 29.0 Å². The first kappa shape index (κ1) is 15.7. The molecule has 0 aromatic heterocycles. The van der Waals surface area contributed by atoms with Crippen molar-refractivity contribution in [2.75, 3.05) is 31.6 Å². The summed E-state index contributed by atoms with van der Waals surface area (Å²) in [6, 6.07) is 3.87. The predicted molar refractivity (Wildman–Crippen MR) is 73.9 cm³/mol. The second kappa shape index (κ2) is 6.84. The minimum atomic E-state index is -1.05. The normalized spacial score (nSPS) is 19.2. The molecule has 0 bridgehead atoms. The first-order valence-corrected chi connectivity index (χ1v) is 6.65. The van der Waals surface area contributed by atoms with Crippen LogP contribution in [0.2, 0.25) is 5.02 Å². The molecule has 1 heterocycles. The minimum absolute atomic E-state index is 0.0299. The van der Waals surface area contributed by atoms with Gasteiger partial charge in [-0.25, -0.2) is 9.18 Å². The van der Waals surface area contributed by atoms with Gasteiger partial charge in [-0.15, -0.1) is 0 Å². The summed E-state index contributed by atoms with van der Waals surface area (Å²) >= 11 is 5.62. The number of halogens is 2. The molecular weight excluding hydrogens is 303 g/mol. The smallest absolute Gasteiger partial charge is 0.334 e. The summed E-state index contributed by atoms with van der Waals surface area (Å²) in [4.78, 5) is 24.4. The first-order chi connectivity index (χ1) is 9.95. The SMILES string of the molecule is O=C(CN1CCOC(C(=O)O)C1)Nc1ccc(F)c(Cl)c1. The molecule has 0 radical (unpaired) electrons. The quantitative estimate of drug-likeness (QED) is 0.872. The molecule has 1 fully saturated rings. The third kappa shape index (κ3) is 4.38. The Morgan fingerprint density at radius 1 is 1.52 bits per heavy atom. The Balaban J connectivity index is 1.89. The summed E-state index contributed by atoms with van der Waals surface area (Å²) < 4.78 is 18.1. The largest absolute Gasteiger partial charge is 0.479 e. The van der Waals surface area contributed by atoms with E-state index < -0.39 is 17.9 Å². The summed E-state index contributed by atoms with van der Waals surface area (Å²) in [5.41, 5.74) is 0.384. The van der Waals surface area contributed by atoms with Crippen LogP contribution in [0.15, 0.2) is 18.2 Å². The predicted octanol–water partition coefficient (Wildman–Crippen LogP) is 1.20. The van der Waals surface area contributed by atoms with Crippen LogP contribution in [0.25, 0.3) is 0 Å². The van der Waals surface area contributed by atoms with E-state index in [-0.39, 0.29) is 30.6 Å². The van der Waals surface area contributed by atoms with E-state index in [9.17, 15) is 14.0 Å². The lowest BCUT2D eigenvalue weighted by atomic mass is 10.2. The van der Waals surface area contributed by atoms with E-state index in [2.05, 4.69) is 5.32 Å². The molecular formula is C13H14ClFN2O4. The fourth-order valence-corrected chi connectivity index (χ4v) is 2.15. The maximum atomic E-state index is 13.0. The zero-order chi connectivity index (χ0) is 15.4. The standard InChI is InChI=1S/C13H14ClFN2O4/c14-9-5-8(1-2-10(9)15)16-12(18)7-17-3-4-21-11(6-17)13(19)20/h1-2,5,11H,3-4,6-7H2,(H,16,18)(H,19,20). The van der Waals surface area contributed by atoms with Gasteiger partial charge in [-0.05, 0) is 18.2 Å². The van der Waals surface area contributed by atoms with Gasteiger partial charge in [0.15, 0.2) is 6.10 Å². The Morgan fingerprint density at radius 2 is 2.29 bits per heavy atom. The van der Waals surface area contributed by atoms with Gasteiger partial charge in [-0.3, -0.25) is 9.69 Å². The lowest BCUT2D eigenvalue weighted by Gasteiger charge is -2.30. The van der Waals surface area contributed by atoms with Gasteiger partial charge < -0.3 is 15.2 Å². The third-order valence-corrected chi connectivity index (χ3v) is 3.29. The van der Waals surface area contributed by atoms with Crippen LogP contribution in [0.5, 0.6) is 0 Å². The van der Waals surface area contributed by atoms with E-state index in [1.807, 2.05) is 0 Å². The lowest BCUT2D eigenvalue weighted by molar-refractivity contribution is -0.156. The maximum Gasteiger partial charge on any atom is 0.334 e. The molecule has 0 saturated carbocycles. The zero-order valence-corrected chi connectivity index (χ0v) is 11.8. The van der Waals surface area contributed by atoms with Crippen molar-refractivity contribution in [2.45, 2.75) is 6.10 Å². The number of carboxylic acid groups (broad SMARTS) is 1. The van der Waals surface area contributed by atoms with Gasteiger partial charge >= 0.3 is 5.97 Å². The van der Waals surface area contributed by atoms with Crippen molar-refractivity contribution in [1.29, 1.82) is 0 Å². The van der Waals surface area contributed by atoms with Crippen molar-refractivity contribution in [3.8, 4) is 0 Å². The summed E-state index contributed by atoms with van der Waals surface area (Å²) in [6.45, 7) is 0.906. The molecule has 1 aliphatic rings. The number of ether oxygens (including phenoxy) is 1. The molecule has 6 nitrogen and oxygen atoms in total. The van der Waals surface area contributed by atoms with Crippen LogP contribution in [-0.2, 0) is 14.3 Å². The van der Waals surface area contributed by atoms with Crippen molar-refractivity contribution < 1.29 is 23.8 Å². The number of anilines is 1. The van der Waals surface area contributed by atoms with E-state index >= 15 is 0 Å².